The lowest BCUT2D eigenvalue weighted by molar-refractivity contribution is -0.154. The van der Waals surface area contributed by atoms with Crippen molar-refractivity contribution in [3.05, 3.63) is 70.8 Å². The van der Waals surface area contributed by atoms with Crippen LogP contribution in [0.25, 0.3) is 10.9 Å². The van der Waals surface area contributed by atoms with Crippen LogP contribution in [0.1, 0.15) is 12.5 Å². The van der Waals surface area contributed by atoms with Crippen LogP contribution in [-0.4, -0.2) is 34.1 Å². The van der Waals surface area contributed by atoms with E-state index in [4.69, 9.17) is 4.74 Å². The lowest BCUT2D eigenvalue weighted by Crippen LogP contribution is -2.40. The first-order chi connectivity index (χ1) is 13.5. The molecule has 1 aliphatic heterocycles. The normalized spacial score (nSPS) is 14.0. The quantitative estimate of drug-likeness (QED) is 0.649. The van der Waals surface area contributed by atoms with Crippen LogP contribution in [0.5, 0.6) is 0 Å². The first kappa shape index (κ1) is 17.9. The van der Waals surface area contributed by atoms with Crippen LogP contribution in [0.2, 0.25) is 0 Å². The zero-order chi connectivity index (χ0) is 19.7. The SMILES string of the molecule is C[C@H](OC(=O)Cn1cnc2ccccc2c1=O)C(=O)N1CCc2ccccc21. The number of anilines is 1. The summed E-state index contributed by atoms with van der Waals surface area (Å²) < 4.78 is 6.48. The van der Waals surface area contributed by atoms with Crippen molar-refractivity contribution in [3.63, 3.8) is 0 Å². The maximum absolute atomic E-state index is 12.7. The van der Waals surface area contributed by atoms with Gasteiger partial charge in [0.1, 0.15) is 6.54 Å². The van der Waals surface area contributed by atoms with E-state index in [0.717, 1.165) is 17.7 Å². The smallest absolute Gasteiger partial charge is 0.326 e. The molecule has 28 heavy (non-hydrogen) atoms. The number of carbonyl (C=O) groups excluding carboxylic acids is 2. The molecule has 0 saturated heterocycles. The maximum atomic E-state index is 12.7. The molecule has 7 heteroatoms. The van der Waals surface area contributed by atoms with Crippen LogP contribution >= 0.6 is 0 Å². The van der Waals surface area contributed by atoms with Gasteiger partial charge in [-0.15, -0.1) is 0 Å². The maximum Gasteiger partial charge on any atom is 0.326 e. The van der Waals surface area contributed by atoms with Crippen molar-refractivity contribution >= 4 is 28.5 Å². The van der Waals surface area contributed by atoms with Gasteiger partial charge in [0, 0.05) is 12.2 Å². The first-order valence-electron chi connectivity index (χ1n) is 9.07. The number of hydrogen-bond donors (Lipinski definition) is 0. The highest BCUT2D eigenvalue weighted by Crippen LogP contribution is 2.28. The number of nitrogens with zero attached hydrogens (tertiary/aromatic N) is 3. The standard InChI is InChI=1S/C21H19N3O4/c1-14(20(26)24-11-10-15-6-2-5-9-18(15)24)28-19(25)12-23-13-22-17-8-4-3-7-16(17)21(23)27/h2-9,13-14H,10-12H2,1H3/t14-/m0/s1. The molecule has 0 bridgehead atoms. The molecule has 1 amide bonds. The van der Waals surface area contributed by atoms with Crippen molar-refractivity contribution in [2.24, 2.45) is 0 Å². The largest absolute Gasteiger partial charge is 0.451 e. The molecule has 1 aromatic heterocycles. The van der Waals surface area contributed by atoms with Gasteiger partial charge in [-0.1, -0.05) is 30.3 Å². The van der Waals surface area contributed by atoms with Crippen molar-refractivity contribution in [2.45, 2.75) is 26.0 Å². The monoisotopic (exact) mass is 377 g/mol. The highest BCUT2D eigenvalue weighted by atomic mass is 16.5. The lowest BCUT2D eigenvalue weighted by atomic mass is 10.2. The molecule has 0 fully saturated rings. The summed E-state index contributed by atoms with van der Waals surface area (Å²) in [6, 6.07) is 14.6. The van der Waals surface area contributed by atoms with Gasteiger partial charge in [-0.2, -0.15) is 0 Å². The minimum absolute atomic E-state index is 0.276. The highest BCUT2D eigenvalue weighted by Gasteiger charge is 2.29. The van der Waals surface area contributed by atoms with Gasteiger partial charge in [-0.05, 0) is 37.1 Å². The molecule has 2 aromatic carbocycles. The van der Waals surface area contributed by atoms with Crippen LogP contribution in [-0.2, 0) is 27.3 Å². The zero-order valence-corrected chi connectivity index (χ0v) is 15.4. The van der Waals surface area contributed by atoms with Crippen molar-refractivity contribution in [1.29, 1.82) is 0 Å². The highest BCUT2D eigenvalue weighted by molar-refractivity contribution is 5.99. The number of fused-ring (bicyclic) bond motifs is 2. The second kappa shape index (κ2) is 7.26. The fourth-order valence-corrected chi connectivity index (χ4v) is 3.43. The molecule has 0 unspecified atom stereocenters. The van der Waals surface area contributed by atoms with E-state index >= 15 is 0 Å². The van der Waals surface area contributed by atoms with Crippen LogP contribution in [0.4, 0.5) is 5.69 Å². The van der Waals surface area contributed by atoms with E-state index in [1.165, 1.54) is 10.9 Å². The van der Waals surface area contributed by atoms with Crippen molar-refractivity contribution in [2.75, 3.05) is 11.4 Å². The molecule has 1 aliphatic rings. The summed E-state index contributed by atoms with van der Waals surface area (Å²) in [5.41, 5.74) is 2.19. The summed E-state index contributed by atoms with van der Waals surface area (Å²) in [7, 11) is 0. The van der Waals surface area contributed by atoms with E-state index in [9.17, 15) is 14.4 Å². The van der Waals surface area contributed by atoms with E-state index < -0.39 is 12.1 Å². The zero-order valence-electron chi connectivity index (χ0n) is 15.4. The Morgan fingerprint density at radius 2 is 1.89 bits per heavy atom. The molecular weight excluding hydrogens is 358 g/mol. The number of para-hydroxylation sites is 2. The fourth-order valence-electron chi connectivity index (χ4n) is 3.43. The summed E-state index contributed by atoms with van der Waals surface area (Å²) in [4.78, 5) is 43.3. The Morgan fingerprint density at radius 3 is 2.75 bits per heavy atom. The van der Waals surface area contributed by atoms with Gasteiger partial charge in [-0.25, -0.2) is 4.98 Å². The Balaban J connectivity index is 1.45. The molecule has 0 saturated carbocycles. The van der Waals surface area contributed by atoms with E-state index in [1.807, 2.05) is 24.3 Å². The Hall–Kier alpha value is -3.48. The lowest BCUT2D eigenvalue weighted by Gasteiger charge is -2.21. The first-order valence-corrected chi connectivity index (χ1v) is 9.07. The van der Waals surface area contributed by atoms with Crippen molar-refractivity contribution in [3.8, 4) is 0 Å². The molecule has 4 rings (SSSR count). The Kier molecular flexibility index (Phi) is 4.65. The minimum atomic E-state index is -0.942. The van der Waals surface area contributed by atoms with Crippen molar-refractivity contribution < 1.29 is 14.3 Å². The number of rotatable bonds is 4. The molecule has 3 aromatic rings. The van der Waals surface area contributed by atoms with Gasteiger partial charge < -0.3 is 9.64 Å². The number of amides is 1. The van der Waals surface area contributed by atoms with E-state index in [0.29, 0.717) is 17.4 Å². The molecule has 0 aliphatic carbocycles. The van der Waals surface area contributed by atoms with Gasteiger partial charge in [0.2, 0.25) is 0 Å². The average molecular weight is 377 g/mol. The third kappa shape index (κ3) is 3.26. The van der Waals surface area contributed by atoms with Crippen LogP contribution < -0.4 is 10.5 Å². The van der Waals surface area contributed by atoms with Gasteiger partial charge in [0.05, 0.1) is 17.2 Å². The number of aromatic nitrogens is 2. The van der Waals surface area contributed by atoms with Crippen molar-refractivity contribution in [1.82, 2.24) is 9.55 Å². The van der Waals surface area contributed by atoms with Gasteiger partial charge in [0.25, 0.3) is 11.5 Å². The van der Waals surface area contributed by atoms with Gasteiger partial charge >= 0.3 is 5.97 Å². The number of hydrogen-bond acceptors (Lipinski definition) is 5. The van der Waals surface area contributed by atoms with Crippen LogP contribution in [0.3, 0.4) is 0 Å². The molecule has 0 N–H and O–H groups in total. The van der Waals surface area contributed by atoms with Crippen LogP contribution in [0, 0.1) is 0 Å². The molecule has 0 radical (unpaired) electrons. The molecular formula is C21H19N3O4. The number of esters is 1. The molecule has 1 atom stereocenters. The summed E-state index contributed by atoms with van der Waals surface area (Å²) in [5, 5.41) is 0.426. The summed E-state index contributed by atoms with van der Waals surface area (Å²) in [6.07, 6.45) is 1.15. The van der Waals surface area contributed by atoms with Gasteiger partial charge in [0.15, 0.2) is 6.10 Å². The predicted octanol–water partition coefficient (Wildman–Crippen LogP) is 1.92. The molecule has 2 heterocycles. The van der Waals surface area contributed by atoms with Crippen LogP contribution in [0.15, 0.2) is 59.7 Å². The Labute approximate surface area is 161 Å². The molecule has 0 spiro atoms. The van der Waals surface area contributed by atoms with E-state index in [1.54, 1.807) is 36.1 Å². The summed E-state index contributed by atoms with van der Waals surface area (Å²) >= 11 is 0. The number of carbonyl (C=O) groups is 2. The Bertz CT molecular complexity index is 1120. The number of ether oxygens (including phenoxy) is 1. The van der Waals surface area contributed by atoms with E-state index in [2.05, 4.69) is 4.98 Å². The third-order valence-corrected chi connectivity index (χ3v) is 4.84. The number of benzene rings is 2. The van der Waals surface area contributed by atoms with E-state index in [-0.39, 0.29) is 18.0 Å². The molecule has 142 valence electrons. The predicted molar refractivity (Wildman–Crippen MR) is 104 cm³/mol. The Morgan fingerprint density at radius 1 is 1.14 bits per heavy atom. The second-order valence-corrected chi connectivity index (χ2v) is 6.70. The fraction of sp³-hybridized carbons (Fsp3) is 0.238. The summed E-state index contributed by atoms with van der Waals surface area (Å²) in [6.45, 7) is 1.81. The minimum Gasteiger partial charge on any atom is -0.451 e. The van der Waals surface area contributed by atoms with Gasteiger partial charge in [-0.3, -0.25) is 19.0 Å². The average Bonchev–Trinajstić information content (AvgIpc) is 3.14. The topological polar surface area (TPSA) is 81.5 Å². The third-order valence-electron chi connectivity index (χ3n) is 4.84. The second-order valence-electron chi connectivity index (χ2n) is 6.70. The molecule has 7 nitrogen and oxygen atoms in total. The summed E-state index contributed by atoms with van der Waals surface area (Å²) in [5.74, 6) is -0.935.